The number of nitrogens with one attached hydrogen (secondary N) is 2. The number of H-pyrrole nitrogens is 1. The van der Waals surface area contributed by atoms with Gasteiger partial charge >= 0.3 is 0 Å². The Labute approximate surface area is 212 Å². The van der Waals surface area contributed by atoms with Gasteiger partial charge in [0.2, 0.25) is 0 Å². The Kier molecular flexibility index (Phi) is 6.97. The summed E-state index contributed by atoms with van der Waals surface area (Å²) in [7, 11) is 1.92. The van der Waals surface area contributed by atoms with E-state index in [1.807, 2.05) is 13.1 Å². The highest BCUT2D eigenvalue weighted by molar-refractivity contribution is 5.85. The molecule has 0 unspecified atom stereocenters. The smallest absolute Gasteiger partial charge is 0.124 e. The summed E-state index contributed by atoms with van der Waals surface area (Å²) in [5.74, 6) is 0.816. The largest absolute Gasteiger partial charge is 0.488 e. The Bertz CT molecular complexity index is 1200. The molecule has 2 atom stereocenters. The van der Waals surface area contributed by atoms with E-state index in [1.165, 1.54) is 10.9 Å². The minimum absolute atomic E-state index is 0.109. The summed E-state index contributed by atoms with van der Waals surface area (Å²) in [6, 6.07) is 14.7. The van der Waals surface area contributed by atoms with E-state index in [-0.39, 0.29) is 24.9 Å². The van der Waals surface area contributed by atoms with Crippen LogP contribution in [-0.2, 0) is 6.42 Å². The van der Waals surface area contributed by atoms with Gasteiger partial charge in [-0.15, -0.1) is 0 Å². The number of hydrogen-bond acceptors (Lipinski definition) is 4. The third kappa shape index (κ3) is 4.96. The third-order valence-electron chi connectivity index (χ3n) is 7.50. The minimum Gasteiger partial charge on any atom is -0.488 e. The molecule has 0 spiro atoms. The van der Waals surface area contributed by atoms with E-state index in [2.05, 4.69) is 63.4 Å². The molecule has 5 rings (SSSR count). The van der Waals surface area contributed by atoms with E-state index in [0.717, 1.165) is 54.3 Å². The molecule has 0 aliphatic carbocycles. The molecule has 3 heterocycles. The highest BCUT2D eigenvalue weighted by Crippen LogP contribution is 2.44. The van der Waals surface area contributed by atoms with Crippen molar-refractivity contribution in [1.29, 1.82) is 0 Å². The van der Waals surface area contributed by atoms with E-state index in [1.54, 1.807) is 13.8 Å². The van der Waals surface area contributed by atoms with Crippen molar-refractivity contribution in [2.75, 3.05) is 45.2 Å². The number of alkyl halides is 2. The van der Waals surface area contributed by atoms with E-state index >= 15 is 4.39 Å². The zero-order chi connectivity index (χ0) is 25.4. The Balaban J connectivity index is 1.48. The molecule has 0 bridgehead atoms. The molecule has 2 N–H and O–H groups in total. The maximum absolute atomic E-state index is 15.0. The first kappa shape index (κ1) is 25.0. The molecule has 36 heavy (non-hydrogen) atoms. The lowest BCUT2D eigenvalue weighted by atomic mass is 9.87. The fourth-order valence-corrected chi connectivity index (χ4v) is 5.84. The zero-order valence-corrected chi connectivity index (χ0v) is 21.8. The number of rotatable bonds is 9. The molecule has 194 valence electrons. The second kappa shape index (κ2) is 10.0. The summed E-state index contributed by atoms with van der Waals surface area (Å²) in [6.45, 7) is 8.01. The van der Waals surface area contributed by atoms with Crippen LogP contribution in [0.2, 0.25) is 0 Å². The summed E-state index contributed by atoms with van der Waals surface area (Å²) < 4.78 is 33.7. The van der Waals surface area contributed by atoms with Gasteiger partial charge in [-0.05, 0) is 56.9 Å². The van der Waals surface area contributed by atoms with E-state index in [0.29, 0.717) is 13.0 Å². The summed E-state index contributed by atoms with van der Waals surface area (Å²) in [4.78, 5) is 8.20. The van der Waals surface area contributed by atoms with Crippen LogP contribution in [0.25, 0.3) is 10.9 Å². The molecule has 0 amide bonds. The number of para-hydroxylation sites is 1. The highest BCUT2D eigenvalue weighted by atomic mass is 19.1. The van der Waals surface area contributed by atoms with E-state index < -0.39 is 5.67 Å². The molecule has 1 aromatic heterocycles. The van der Waals surface area contributed by atoms with Gasteiger partial charge < -0.3 is 15.0 Å². The quantitative estimate of drug-likeness (QED) is 0.398. The first-order valence-electron chi connectivity index (χ1n) is 13.1. The number of aromatic nitrogens is 1. The molecule has 0 radical (unpaired) electrons. The summed E-state index contributed by atoms with van der Waals surface area (Å²) >= 11 is 0. The van der Waals surface area contributed by atoms with Crippen molar-refractivity contribution in [2.24, 2.45) is 0 Å². The fourth-order valence-electron chi connectivity index (χ4n) is 5.84. The van der Waals surface area contributed by atoms with Crippen molar-refractivity contribution in [2.45, 2.75) is 57.5 Å². The predicted molar refractivity (Wildman–Crippen MR) is 143 cm³/mol. The molecule has 2 aliphatic rings. The SMILES string of the molecule is CNc1cc(OC2CN(CCCF)C2)ccc1[C@@H]1c2[nH]c3ccccc3c2C[C@@H](C)N1CC(C)(C)F. The van der Waals surface area contributed by atoms with Crippen LogP contribution < -0.4 is 10.1 Å². The molecule has 3 aromatic rings. The van der Waals surface area contributed by atoms with Gasteiger partial charge in [-0.2, -0.15) is 0 Å². The average Bonchev–Trinajstić information content (AvgIpc) is 3.18. The van der Waals surface area contributed by atoms with E-state index in [4.69, 9.17) is 4.74 Å². The topological polar surface area (TPSA) is 43.5 Å². The maximum atomic E-state index is 15.0. The first-order chi connectivity index (χ1) is 17.3. The number of nitrogens with zero attached hydrogens (tertiary/aromatic N) is 2. The Morgan fingerprint density at radius 2 is 1.94 bits per heavy atom. The summed E-state index contributed by atoms with van der Waals surface area (Å²) in [5.41, 5.74) is 4.34. The van der Waals surface area contributed by atoms with Gasteiger partial charge in [0.1, 0.15) is 17.5 Å². The number of aromatic amines is 1. The number of halogens is 2. The van der Waals surface area contributed by atoms with Crippen molar-refractivity contribution in [3.8, 4) is 5.75 Å². The predicted octanol–water partition coefficient (Wildman–Crippen LogP) is 5.72. The second-order valence-electron chi connectivity index (χ2n) is 11.0. The first-order valence-corrected chi connectivity index (χ1v) is 13.1. The van der Waals surface area contributed by atoms with Crippen LogP contribution in [0.5, 0.6) is 5.75 Å². The summed E-state index contributed by atoms with van der Waals surface area (Å²) in [5, 5.41) is 4.62. The lowest BCUT2D eigenvalue weighted by Crippen LogP contribution is -2.53. The normalized spacial score (nSPS) is 21.4. The van der Waals surface area contributed by atoms with Gasteiger partial charge in [-0.25, -0.2) is 4.39 Å². The zero-order valence-electron chi connectivity index (χ0n) is 21.8. The van der Waals surface area contributed by atoms with Gasteiger partial charge in [0, 0.05) is 67.6 Å². The molecule has 1 fully saturated rings. The fraction of sp³-hybridized carbons (Fsp3) is 0.517. The highest BCUT2D eigenvalue weighted by Gasteiger charge is 2.39. The van der Waals surface area contributed by atoms with Gasteiger partial charge in [0.15, 0.2) is 0 Å². The van der Waals surface area contributed by atoms with E-state index in [9.17, 15) is 4.39 Å². The average molecular weight is 497 g/mol. The lowest BCUT2D eigenvalue weighted by molar-refractivity contribution is 0.0184. The molecule has 2 aliphatic heterocycles. The monoisotopic (exact) mass is 496 g/mol. The van der Waals surface area contributed by atoms with Gasteiger partial charge in [-0.3, -0.25) is 14.2 Å². The molecule has 1 saturated heterocycles. The van der Waals surface area contributed by atoms with Gasteiger partial charge in [-0.1, -0.05) is 24.3 Å². The number of benzene rings is 2. The standard InChI is InChI=1S/C29H38F2N4O/c1-19-14-24-22-8-5-6-9-25(22)33-27(24)28(35(19)18-29(2,3)31)23-11-10-20(15-26(23)32-4)36-21-16-34(17-21)13-7-12-30/h5-6,8-11,15,19,21,28,32-33H,7,12-14,16-18H2,1-4H3/t19-,28-/m1/s1. The number of fused-ring (bicyclic) bond motifs is 3. The van der Waals surface area contributed by atoms with Crippen molar-refractivity contribution >= 4 is 16.6 Å². The molecule has 5 nitrogen and oxygen atoms in total. The van der Waals surface area contributed by atoms with Crippen LogP contribution in [-0.4, -0.2) is 72.5 Å². The third-order valence-corrected chi connectivity index (χ3v) is 7.50. The Morgan fingerprint density at radius 1 is 1.17 bits per heavy atom. The van der Waals surface area contributed by atoms with Crippen LogP contribution in [0.15, 0.2) is 42.5 Å². The van der Waals surface area contributed by atoms with Crippen molar-refractivity contribution < 1.29 is 13.5 Å². The number of ether oxygens (including phenoxy) is 1. The van der Waals surface area contributed by atoms with Crippen LogP contribution in [0.4, 0.5) is 14.5 Å². The molecular weight excluding hydrogens is 458 g/mol. The molecule has 2 aromatic carbocycles. The van der Waals surface area contributed by atoms with Crippen molar-refractivity contribution in [3.05, 3.63) is 59.3 Å². The molecular formula is C29H38F2N4O. The van der Waals surface area contributed by atoms with Crippen LogP contribution >= 0.6 is 0 Å². The van der Waals surface area contributed by atoms with Crippen molar-refractivity contribution in [1.82, 2.24) is 14.8 Å². The van der Waals surface area contributed by atoms with Gasteiger partial charge in [0.25, 0.3) is 0 Å². The van der Waals surface area contributed by atoms with Gasteiger partial charge in [0.05, 0.1) is 12.7 Å². The number of likely N-dealkylation sites (tertiary alicyclic amines) is 1. The Morgan fingerprint density at radius 3 is 2.67 bits per heavy atom. The van der Waals surface area contributed by atoms with Crippen LogP contribution in [0.3, 0.4) is 0 Å². The minimum atomic E-state index is -1.32. The number of hydrogen-bond donors (Lipinski definition) is 2. The van der Waals surface area contributed by atoms with Crippen molar-refractivity contribution in [3.63, 3.8) is 0 Å². The van der Waals surface area contributed by atoms with Crippen LogP contribution in [0, 0.1) is 0 Å². The number of anilines is 1. The maximum Gasteiger partial charge on any atom is 0.124 e. The van der Waals surface area contributed by atoms with Crippen LogP contribution in [0.1, 0.15) is 50.1 Å². The summed E-state index contributed by atoms with van der Waals surface area (Å²) in [6.07, 6.45) is 1.58. The Hall–Kier alpha value is -2.64. The second-order valence-corrected chi connectivity index (χ2v) is 11.0. The molecule has 0 saturated carbocycles. The molecule has 7 heteroatoms. The lowest BCUT2D eigenvalue weighted by Gasteiger charge is -2.43.